The van der Waals surface area contributed by atoms with Crippen LogP contribution in [0.25, 0.3) is 0 Å². The Morgan fingerprint density at radius 2 is 1.74 bits per heavy atom. The van der Waals surface area contributed by atoms with Gasteiger partial charge >= 0.3 is 0 Å². The molecule has 1 atom stereocenters. The van der Waals surface area contributed by atoms with Gasteiger partial charge in [-0.2, -0.15) is 0 Å². The molecule has 0 spiro atoms. The molecule has 1 aromatic rings. The van der Waals surface area contributed by atoms with E-state index in [-0.39, 0.29) is 6.04 Å². The van der Waals surface area contributed by atoms with Gasteiger partial charge in [-0.3, -0.25) is 0 Å². The molecule has 0 saturated carbocycles. The fraction of sp³-hybridized carbons (Fsp3) is 0.625. The fourth-order valence-corrected chi connectivity index (χ4v) is 2.01. The van der Waals surface area contributed by atoms with E-state index in [1.165, 1.54) is 5.56 Å². The van der Waals surface area contributed by atoms with Crippen molar-refractivity contribution in [3.05, 3.63) is 29.8 Å². The number of nitrogens with zero attached hydrogens (tertiary/aromatic N) is 1. The van der Waals surface area contributed by atoms with E-state index >= 15 is 0 Å². The number of rotatable bonds is 9. The maximum atomic E-state index is 5.89. The van der Waals surface area contributed by atoms with Crippen LogP contribution in [-0.4, -0.2) is 37.1 Å². The maximum absolute atomic E-state index is 5.89. The quantitative estimate of drug-likeness (QED) is 0.720. The largest absolute Gasteiger partial charge is 0.383 e. The number of nitrogens with one attached hydrogen (secondary N) is 1. The van der Waals surface area contributed by atoms with E-state index < -0.39 is 0 Å². The predicted octanol–water partition coefficient (Wildman–Crippen LogP) is 2.72. The van der Waals surface area contributed by atoms with E-state index in [2.05, 4.69) is 55.3 Å². The second-order valence-electron chi connectivity index (χ2n) is 5.02. The van der Waals surface area contributed by atoms with Gasteiger partial charge < -0.3 is 16.0 Å². The van der Waals surface area contributed by atoms with Crippen molar-refractivity contribution in [2.75, 3.05) is 31.5 Å². The van der Waals surface area contributed by atoms with Crippen LogP contribution in [-0.2, 0) is 6.42 Å². The van der Waals surface area contributed by atoms with E-state index in [0.29, 0.717) is 0 Å². The highest BCUT2D eigenvalue weighted by atomic mass is 15.1. The normalized spacial score (nSPS) is 12.7. The third kappa shape index (κ3) is 6.08. The topological polar surface area (TPSA) is 41.3 Å². The van der Waals surface area contributed by atoms with E-state index in [1.807, 2.05) is 0 Å². The van der Waals surface area contributed by atoms with Gasteiger partial charge in [-0.25, -0.2) is 0 Å². The Bertz CT molecular complexity index is 330. The van der Waals surface area contributed by atoms with Gasteiger partial charge in [0.1, 0.15) is 0 Å². The summed E-state index contributed by atoms with van der Waals surface area (Å²) in [4.78, 5) is 2.45. The molecule has 0 aliphatic carbocycles. The molecule has 1 rings (SSSR count). The van der Waals surface area contributed by atoms with Crippen molar-refractivity contribution in [1.82, 2.24) is 4.90 Å². The highest BCUT2D eigenvalue weighted by Crippen LogP contribution is 2.10. The molecule has 3 nitrogen and oxygen atoms in total. The monoisotopic (exact) mass is 263 g/mol. The zero-order valence-electron chi connectivity index (χ0n) is 12.7. The first-order valence-corrected chi connectivity index (χ1v) is 7.50. The first-order valence-electron chi connectivity index (χ1n) is 7.50. The molecule has 1 unspecified atom stereocenters. The zero-order valence-corrected chi connectivity index (χ0v) is 12.7. The van der Waals surface area contributed by atoms with Crippen LogP contribution >= 0.6 is 0 Å². The summed E-state index contributed by atoms with van der Waals surface area (Å²) < 4.78 is 0. The summed E-state index contributed by atoms with van der Waals surface area (Å²) in [7, 11) is 0. The molecule has 0 aromatic heterocycles. The summed E-state index contributed by atoms with van der Waals surface area (Å²) in [5.41, 5.74) is 8.46. The van der Waals surface area contributed by atoms with Crippen LogP contribution in [0.5, 0.6) is 0 Å². The standard InChI is InChI=1S/C16H29N3/c1-4-15(17)13-18-16-9-7-14(8-10-16)11-12-19(5-2)6-3/h7-10,15,18H,4-6,11-13,17H2,1-3H3. The molecule has 3 heteroatoms. The maximum Gasteiger partial charge on any atom is 0.0340 e. The smallest absolute Gasteiger partial charge is 0.0340 e. The SMILES string of the molecule is CCC(N)CNc1ccc(CCN(CC)CC)cc1. The Morgan fingerprint density at radius 3 is 2.26 bits per heavy atom. The van der Waals surface area contributed by atoms with Crippen LogP contribution in [0.1, 0.15) is 32.8 Å². The van der Waals surface area contributed by atoms with Crippen LogP contribution in [0.4, 0.5) is 5.69 Å². The molecule has 0 aliphatic rings. The Balaban J connectivity index is 2.38. The predicted molar refractivity (Wildman–Crippen MR) is 84.7 cm³/mol. The van der Waals surface area contributed by atoms with Gasteiger partial charge in [0, 0.05) is 24.8 Å². The minimum Gasteiger partial charge on any atom is -0.383 e. The number of hydrogen-bond donors (Lipinski definition) is 2. The second kappa shape index (κ2) is 8.94. The molecule has 0 radical (unpaired) electrons. The summed E-state index contributed by atoms with van der Waals surface area (Å²) in [6, 6.07) is 8.97. The lowest BCUT2D eigenvalue weighted by Gasteiger charge is -2.18. The zero-order chi connectivity index (χ0) is 14.1. The Morgan fingerprint density at radius 1 is 1.11 bits per heavy atom. The number of benzene rings is 1. The molecule has 19 heavy (non-hydrogen) atoms. The van der Waals surface area contributed by atoms with Gasteiger partial charge in [-0.05, 0) is 43.6 Å². The van der Waals surface area contributed by atoms with Crippen molar-refractivity contribution in [2.24, 2.45) is 5.73 Å². The van der Waals surface area contributed by atoms with Crippen molar-refractivity contribution in [3.8, 4) is 0 Å². The minimum atomic E-state index is 0.238. The average Bonchev–Trinajstić information content (AvgIpc) is 2.47. The average molecular weight is 263 g/mol. The van der Waals surface area contributed by atoms with Crippen molar-refractivity contribution < 1.29 is 0 Å². The summed E-state index contributed by atoms with van der Waals surface area (Å²) in [6.07, 6.45) is 2.13. The molecule has 108 valence electrons. The number of hydrogen-bond acceptors (Lipinski definition) is 3. The van der Waals surface area contributed by atoms with E-state index in [4.69, 9.17) is 5.73 Å². The van der Waals surface area contributed by atoms with Crippen molar-refractivity contribution in [3.63, 3.8) is 0 Å². The lowest BCUT2D eigenvalue weighted by Crippen LogP contribution is -2.28. The fourth-order valence-electron chi connectivity index (χ4n) is 2.01. The van der Waals surface area contributed by atoms with Crippen LogP contribution in [0, 0.1) is 0 Å². The first kappa shape index (κ1) is 16.0. The third-order valence-electron chi connectivity index (χ3n) is 3.66. The van der Waals surface area contributed by atoms with Gasteiger partial charge in [-0.1, -0.05) is 32.9 Å². The Kier molecular flexibility index (Phi) is 7.53. The van der Waals surface area contributed by atoms with Crippen LogP contribution in [0.2, 0.25) is 0 Å². The number of anilines is 1. The number of nitrogens with two attached hydrogens (primary N) is 1. The summed E-state index contributed by atoms with van der Waals surface area (Å²) in [5.74, 6) is 0. The minimum absolute atomic E-state index is 0.238. The Labute approximate surface area is 118 Å². The van der Waals surface area contributed by atoms with Crippen LogP contribution < -0.4 is 11.1 Å². The van der Waals surface area contributed by atoms with E-state index in [1.54, 1.807) is 0 Å². The summed E-state index contributed by atoms with van der Waals surface area (Å²) >= 11 is 0. The molecular weight excluding hydrogens is 234 g/mol. The first-order chi connectivity index (χ1) is 9.19. The summed E-state index contributed by atoms with van der Waals surface area (Å²) in [6.45, 7) is 10.8. The molecule has 1 aromatic carbocycles. The van der Waals surface area contributed by atoms with Crippen molar-refractivity contribution in [1.29, 1.82) is 0 Å². The third-order valence-corrected chi connectivity index (χ3v) is 3.66. The van der Waals surface area contributed by atoms with Gasteiger partial charge in [-0.15, -0.1) is 0 Å². The van der Waals surface area contributed by atoms with Crippen LogP contribution in [0.15, 0.2) is 24.3 Å². The molecule has 3 N–H and O–H groups in total. The lowest BCUT2D eigenvalue weighted by molar-refractivity contribution is 0.308. The van der Waals surface area contributed by atoms with E-state index in [0.717, 1.165) is 44.7 Å². The van der Waals surface area contributed by atoms with Crippen LogP contribution in [0.3, 0.4) is 0 Å². The van der Waals surface area contributed by atoms with Gasteiger partial charge in [0.05, 0.1) is 0 Å². The molecular formula is C16H29N3. The number of likely N-dealkylation sites (N-methyl/N-ethyl adjacent to an activating group) is 1. The highest BCUT2D eigenvalue weighted by molar-refractivity contribution is 5.44. The van der Waals surface area contributed by atoms with Gasteiger partial charge in [0.2, 0.25) is 0 Å². The van der Waals surface area contributed by atoms with Gasteiger partial charge in [0.25, 0.3) is 0 Å². The highest BCUT2D eigenvalue weighted by Gasteiger charge is 2.01. The molecule has 0 bridgehead atoms. The molecule has 0 amide bonds. The van der Waals surface area contributed by atoms with Crippen molar-refractivity contribution in [2.45, 2.75) is 39.7 Å². The van der Waals surface area contributed by atoms with E-state index in [9.17, 15) is 0 Å². The molecule has 0 aliphatic heterocycles. The Hall–Kier alpha value is -1.06. The molecule has 0 fully saturated rings. The van der Waals surface area contributed by atoms with Gasteiger partial charge in [0.15, 0.2) is 0 Å². The second-order valence-corrected chi connectivity index (χ2v) is 5.02. The lowest BCUT2D eigenvalue weighted by atomic mass is 10.1. The molecule has 0 saturated heterocycles. The summed E-state index contributed by atoms with van der Waals surface area (Å²) in [5, 5.41) is 3.37. The molecule has 0 heterocycles. The van der Waals surface area contributed by atoms with Crippen molar-refractivity contribution >= 4 is 5.69 Å².